The zero-order valence-corrected chi connectivity index (χ0v) is 16.1. The van der Waals surface area contributed by atoms with Crippen molar-refractivity contribution in [3.63, 3.8) is 0 Å². The van der Waals surface area contributed by atoms with Crippen LogP contribution >= 0.6 is 12.3 Å². The molecule has 0 bridgehead atoms. The van der Waals surface area contributed by atoms with Crippen LogP contribution in [0.4, 0.5) is 8.28 Å². The highest BCUT2D eigenvalue weighted by Crippen LogP contribution is 2.43. The third-order valence-corrected chi connectivity index (χ3v) is 5.30. The van der Waals surface area contributed by atoms with Crippen molar-refractivity contribution >= 4 is 23.4 Å². The number of ether oxygens (including phenoxy) is 2. The largest absolute Gasteiger partial charge is 0.481 e. The first-order valence-corrected chi connectivity index (χ1v) is 9.68. The zero-order chi connectivity index (χ0) is 20.0. The van der Waals surface area contributed by atoms with E-state index < -0.39 is 22.9 Å². The van der Waals surface area contributed by atoms with E-state index in [1.807, 2.05) is 0 Å². The SMILES string of the molecule is COc1cc(-c2cc(F)cc3c2Oc2n(SF)nc(S(=O)O)[n+]2C3C)ccn1. The van der Waals surface area contributed by atoms with E-state index in [2.05, 4.69) is 10.1 Å². The molecule has 0 fully saturated rings. The van der Waals surface area contributed by atoms with Gasteiger partial charge in [0.05, 0.1) is 12.2 Å². The Labute approximate surface area is 164 Å². The Morgan fingerprint density at radius 2 is 2.21 bits per heavy atom. The lowest BCUT2D eigenvalue weighted by Crippen LogP contribution is -2.44. The fraction of sp³-hybridized carbons (Fsp3) is 0.188. The van der Waals surface area contributed by atoms with Crippen LogP contribution in [0.5, 0.6) is 17.6 Å². The predicted octanol–water partition coefficient (Wildman–Crippen LogP) is 3.06. The Morgan fingerprint density at radius 1 is 1.43 bits per heavy atom. The number of rotatable bonds is 4. The van der Waals surface area contributed by atoms with Crippen LogP contribution in [-0.2, 0) is 11.1 Å². The molecule has 2 atom stereocenters. The molecule has 1 aliphatic rings. The topological polar surface area (TPSA) is 90.3 Å². The molecule has 3 heterocycles. The maximum Gasteiger partial charge on any atom is 0.453 e. The van der Waals surface area contributed by atoms with Crippen molar-refractivity contribution in [3.8, 4) is 28.8 Å². The predicted molar refractivity (Wildman–Crippen MR) is 95.6 cm³/mol. The molecule has 0 saturated heterocycles. The highest BCUT2D eigenvalue weighted by atomic mass is 32.2. The van der Waals surface area contributed by atoms with Crippen LogP contribution in [0, 0.1) is 5.82 Å². The minimum absolute atomic E-state index is 0.0984. The van der Waals surface area contributed by atoms with E-state index >= 15 is 0 Å². The molecule has 1 aliphatic heterocycles. The molecule has 0 saturated carbocycles. The van der Waals surface area contributed by atoms with Crippen LogP contribution < -0.4 is 14.0 Å². The van der Waals surface area contributed by atoms with E-state index in [4.69, 9.17) is 9.47 Å². The lowest BCUT2D eigenvalue weighted by atomic mass is 9.97. The number of benzene rings is 1. The molecule has 146 valence electrons. The first-order chi connectivity index (χ1) is 13.4. The highest BCUT2D eigenvalue weighted by Gasteiger charge is 2.42. The van der Waals surface area contributed by atoms with Crippen molar-refractivity contribution in [2.75, 3.05) is 7.11 Å². The fourth-order valence-corrected chi connectivity index (χ4v) is 4.00. The van der Waals surface area contributed by atoms with Gasteiger partial charge in [-0.25, -0.2) is 13.6 Å². The van der Waals surface area contributed by atoms with E-state index in [1.165, 1.54) is 30.0 Å². The average Bonchev–Trinajstić information content (AvgIpc) is 3.07. The number of methoxy groups -OCH3 is 1. The lowest BCUT2D eigenvalue weighted by Gasteiger charge is -2.23. The zero-order valence-electron chi connectivity index (χ0n) is 14.5. The first kappa shape index (κ1) is 18.8. The maximum atomic E-state index is 14.4. The summed E-state index contributed by atoms with van der Waals surface area (Å²) < 4.78 is 61.8. The summed E-state index contributed by atoms with van der Waals surface area (Å²) in [6.07, 6.45) is 1.51. The number of halogens is 2. The molecular formula is C16H13F2N4O4S2+. The van der Waals surface area contributed by atoms with Crippen LogP contribution in [0.25, 0.3) is 11.1 Å². The van der Waals surface area contributed by atoms with Gasteiger partial charge in [0.25, 0.3) is 23.4 Å². The second-order valence-corrected chi connectivity index (χ2v) is 7.21. The standard InChI is InChI=1S/C16H12F2N4O4S2/c1-8-11-6-10(17)7-12(9-3-4-19-13(5-9)25-2)14(11)26-16-21(8)15(28(23)24)20-22(16)27-18/h3-8H,1-2H3/p+1. The molecule has 3 aromatic rings. The Morgan fingerprint density at radius 3 is 2.89 bits per heavy atom. The smallest absolute Gasteiger partial charge is 0.453 e. The quantitative estimate of drug-likeness (QED) is 0.506. The van der Waals surface area contributed by atoms with Crippen molar-refractivity contribution in [1.29, 1.82) is 0 Å². The molecule has 2 unspecified atom stereocenters. The van der Waals surface area contributed by atoms with Crippen molar-refractivity contribution in [2.45, 2.75) is 18.1 Å². The van der Waals surface area contributed by atoms with Gasteiger partial charge >= 0.3 is 11.2 Å². The van der Waals surface area contributed by atoms with Crippen LogP contribution in [-0.4, -0.2) is 30.0 Å². The van der Waals surface area contributed by atoms with Gasteiger partial charge in [-0.1, -0.05) is 0 Å². The minimum atomic E-state index is -2.50. The summed E-state index contributed by atoms with van der Waals surface area (Å²) in [5.74, 6) is 0.0901. The fourth-order valence-electron chi connectivity index (χ4n) is 3.10. The van der Waals surface area contributed by atoms with E-state index in [-0.39, 0.29) is 29.3 Å². The van der Waals surface area contributed by atoms with Crippen molar-refractivity contribution in [1.82, 2.24) is 14.2 Å². The van der Waals surface area contributed by atoms with Gasteiger partial charge in [-0.05, 0) is 30.7 Å². The van der Waals surface area contributed by atoms with E-state index in [1.54, 1.807) is 19.1 Å². The average molecular weight is 427 g/mol. The second kappa shape index (κ2) is 7.11. The van der Waals surface area contributed by atoms with Gasteiger partial charge < -0.3 is 9.47 Å². The van der Waals surface area contributed by atoms with Crippen LogP contribution in [0.3, 0.4) is 0 Å². The molecule has 28 heavy (non-hydrogen) atoms. The summed E-state index contributed by atoms with van der Waals surface area (Å²) in [5, 5.41) is 3.45. The summed E-state index contributed by atoms with van der Waals surface area (Å²) in [5.41, 5.74) is 1.39. The van der Waals surface area contributed by atoms with Crippen molar-refractivity contribution in [2.24, 2.45) is 0 Å². The molecule has 0 radical (unpaired) electrons. The molecule has 1 N–H and O–H groups in total. The summed E-state index contributed by atoms with van der Waals surface area (Å²) in [4.78, 5) is 4.03. The van der Waals surface area contributed by atoms with Gasteiger partial charge in [-0.2, -0.15) is 4.57 Å². The minimum Gasteiger partial charge on any atom is -0.481 e. The van der Waals surface area contributed by atoms with Gasteiger partial charge in [0.2, 0.25) is 5.88 Å². The van der Waals surface area contributed by atoms with Gasteiger partial charge in [0.15, 0.2) is 0 Å². The Balaban J connectivity index is 1.95. The summed E-state index contributed by atoms with van der Waals surface area (Å²) in [7, 11) is 1.46. The van der Waals surface area contributed by atoms with E-state index in [9.17, 15) is 17.0 Å². The lowest BCUT2D eigenvalue weighted by molar-refractivity contribution is -0.752. The van der Waals surface area contributed by atoms with Gasteiger partial charge in [-0.15, -0.1) is 3.89 Å². The third-order valence-electron chi connectivity index (χ3n) is 4.34. The molecule has 1 aromatic carbocycles. The Kier molecular flexibility index (Phi) is 4.77. The maximum absolute atomic E-state index is 14.4. The van der Waals surface area contributed by atoms with Crippen molar-refractivity contribution in [3.05, 3.63) is 41.8 Å². The summed E-state index contributed by atoms with van der Waals surface area (Å²) in [6.45, 7) is 1.67. The number of nitrogens with zero attached hydrogens (tertiary/aromatic N) is 4. The van der Waals surface area contributed by atoms with Crippen molar-refractivity contribution < 1.29 is 31.1 Å². The molecule has 0 spiro atoms. The summed E-state index contributed by atoms with van der Waals surface area (Å²) in [6, 6.07) is 5.08. The monoisotopic (exact) mass is 427 g/mol. The number of pyridine rings is 1. The third kappa shape index (κ3) is 2.93. The Bertz CT molecular complexity index is 1110. The van der Waals surface area contributed by atoms with Crippen LogP contribution in [0.2, 0.25) is 0 Å². The number of aromatic nitrogens is 4. The van der Waals surface area contributed by atoms with Gasteiger partial charge in [0, 0.05) is 27.5 Å². The van der Waals surface area contributed by atoms with Gasteiger partial charge in [-0.3, -0.25) is 4.55 Å². The second-order valence-electron chi connectivity index (χ2n) is 5.86. The Hall–Kier alpha value is -2.57. The highest BCUT2D eigenvalue weighted by molar-refractivity contribution is 7.92. The summed E-state index contributed by atoms with van der Waals surface area (Å²) >= 11 is -2.78. The molecule has 4 rings (SSSR count). The number of hydrogen-bond donors (Lipinski definition) is 1. The number of fused-ring (bicyclic) bond motifs is 2. The molecular weight excluding hydrogens is 414 g/mol. The van der Waals surface area contributed by atoms with Crippen LogP contribution in [0.15, 0.2) is 35.6 Å². The molecule has 2 aromatic heterocycles. The molecule has 12 heteroatoms. The molecule has 0 amide bonds. The van der Waals surface area contributed by atoms with E-state index in [0.29, 0.717) is 22.6 Å². The normalized spacial score (nSPS) is 16.1. The van der Waals surface area contributed by atoms with E-state index in [0.717, 1.165) is 4.09 Å². The first-order valence-electron chi connectivity index (χ1n) is 7.90. The van der Waals surface area contributed by atoms with Crippen LogP contribution in [0.1, 0.15) is 18.5 Å². The number of hydrogen-bond acceptors (Lipinski definition) is 6. The molecule has 8 nitrogen and oxygen atoms in total. The molecule has 0 aliphatic carbocycles. The van der Waals surface area contributed by atoms with Gasteiger partial charge in [0.1, 0.15) is 17.6 Å².